The van der Waals surface area contributed by atoms with Gasteiger partial charge in [-0.05, 0) is 54.0 Å². The van der Waals surface area contributed by atoms with Crippen LogP contribution >= 0.6 is 23.8 Å². The van der Waals surface area contributed by atoms with E-state index in [9.17, 15) is 0 Å². The molecular formula is C25H24ClN3S. The number of benzene rings is 3. The van der Waals surface area contributed by atoms with E-state index in [4.69, 9.17) is 23.8 Å². The average molecular weight is 434 g/mol. The number of para-hydroxylation sites is 1. The van der Waals surface area contributed by atoms with Gasteiger partial charge in [-0.25, -0.2) is 0 Å². The Morgan fingerprint density at radius 1 is 0.967 bits per heavy atom. The van der Waals surface area contributed by atoms with Crippen LogP contribution in [-0.2, 0) is 20.1 Å². The van der Waals surface area contributed by atoms with Crippen molar-refractivity contribution >= 4 is 45.5 Å². The predicted octanol–water partition coefficient (Wildman–Crippen LogP) is 6.54. The highest BCUT2D eigenvalue weighted by molar-refractivity contribution is 7.80. The molecule has 0 fully saturated rings. The molecule has 0 unspecified atom stereocenters. The van der Waals surface area contributed by atoms with Crippen molar-refractivity contribution in [2.24, 2.45) is 7.05 Å². The number of nitrogens with zero attached hydrogens (tertiary/aromatic N) is 2. The van der Waals surface area contributed by atoms with Crippen molar-refractivity contribution < 1.29 is 0 Å². The number of nitrogens with one attached hydrogen (secondary N) is 1. The van der Waals surface area contributed by atoms with Crippen molar-refractivity contribution in [3.05, 3.63) is 101 Å². The molecule has 3 aromatic carbocycles. The van der Waals surface area contributed by atoms with Gasteiger partial charge in [0, 0.05) is 47.9 Å². The van der Waals surface area contributed by atoms with Crippen LogP contribution in [0.3, 0.4) is 0 Å². The SMILES string of the molecule is Cc1c(Cl)cccc1NC(=S)N(Cc1ccccc1)Cc1cn(C)c2ccccc12. The maximum Gasteiger partial charge on any atom is 0.174 e. The summed E-state index contributed by atoms with van der Waals surface area (Å²) in [5, 5.41) is 6.07. The summed E-state index contributed by atoms with van der Waals surface area (Å²) in [4.78, 5) is 2.20. The minimum atomic E-state index is 0.678. The molecule has 0 aliphatic carbocycles. The van der Waals surface area contributed by atoms with Gasteiger partial charge in [0.2, 0.25) is 0 Å². The highest BCUT2D eigenvalue weighted by atomic mass is 35.5. The highest BCUT2D eigenvalue weighted by Crippen LogP contribution is 2.25. The van der Waals surface area contributed by atoms with Crippen LogP contribution < -0.4 is 5.32 Å². The third-order valence-corrected chi connectivity index (χ3v) is 6.12. The summed E-state index contributed by atoms with van der Waals surface area (Å²) in [6.45, 7) is 3.43. The fraction of sp³-hybridized carbons (Fsp3) is 0.160. The van der Waals surface area contributed by atoms with Crippen molar-refractivity contribution in [2.75, 3.05) is 5.32 Å². The summed E-state index contributed by atoms with van der Waals surface area (Å²) >= 11 is 12.2. The van der Waals surface area contributed by atoms with Gasteiger partial charge in [0.05, 0.1) is 0 Å². The van der Waals surface area contributed by atoms with Crippen LogP contribution in [0.2, 0.25) is 5.02 Å². The first-order valence-electron chi connectivity index (χ1n) is 9.91. The molecular weight excluding hydrogens is 410 g/mol. The van der Waals surface area contributed by atoms with Gasteiger partial charge >= 0.3 is 0 Å². The molecule has 30 heavy (non-hydrogen) atoms. The number of aromatic nitrogens is 1. The molecule has 0 saturated carbocycles. The van der Waals surface area contributed by atoms with Crippen LogP contribution in [0, 0.1) is 6.92 Å². The Morgan fingerprint density at radius 3 is 2.50 bits per heavy atom. The zero-order valence-corrected chi connectivity index (χ0v) is 18.7. The first-order chi connectivity index (χ1) is 14.5. The monoisotopic (exact) mass is 433 g/mol. The lowest BCUT2D eigenvalue weighted by Gasteiger charge is -2.26. The van der Waals surface area contributed by atoms with Gasteiger partial charge in [0.25, 0.3) is 0 Å². The first kappa shape index (κ1) is 20.5. The topological polar surface area (TPSA) is 20.2 Å². The maximum absolute atomic E-state index is 6.30. The van der Waals surface area contributed by atoms with Gasteiger partial charge < -0.3 is 14.8 Å². The minimum Gasteiger partial charge on any atom is -0.350 e. The summed E-state index contributed by atoms with van der Waals surface area (Å²) in [6.07, 6.45) is 2.19. The molecule has 4 rings (SSSR count). The van der Waals surface area contributed by atoms with Crippen molar-refractivity contribution in [1.82, 2.24) is 9.47 Å². The van der Waals surface area contributed by atoms with E-state index in [-0.39, 0.29) is 0 Å². The van der Waals surface area contributed by atoms with E-state index in [1.165, 1.54) is 22.0 Å². The molecule has 0 amide bonds. The molecule has 0 aliphatic heterocycles. The van der Waals surface area contributed by atoms with E-state index < -0.39 is 0 Å². The van der Waals surface area contributed by atoms with E-state index in [1.807, 2.05) is 31.2 Å². The molecule has 152 valence electrons. The zero-order chi connectivity index (χ0) is 21.1. The van der Waals surface area contributed by atoms with E-state index in [0.717, 1.165) is 22.8 Å². The molecule has 0 saturated heterocycles. The van der Waals surface area contributed by atoms with E-state index in [2.05, 4.69) is 76.6 Å². The third kappa shape index (κ3) is 4.35. The number of fused-ring (bicyclic) bond motifs is 1. The maximum atomic E-state index is 6.30. The minimum absolute atomic E-state index is 0.678. The van der Waals surface area contributed by atoms with Gasteiger partial charge in [-0.15, -0.1) is 0 Å². The smallest absolute Gasteiger partial charge is 0.174 e. The largest absolute Gasteiger partial charge is 0.350 e. The number of hydrogen-bond donors (Lipinski definition) is 1. The van der Waals surface area contributed by atoms with E-state index in [1.54, 1.807) is 0 Å². The lowest BCUT2D eigenvalue weighted by atomic mass is 10.1. The zero-order valence-electron chi connectivity index (χ0n) is 17.1. The van der Waals surface area contributed by atoms with Crippen molar-refractivity contribution in [2.45, 2.75) is 20.0 Å². The van der Waals surface area contributed by atoms with E-state index >= 15 is 0 Å². The Kier molecular flexibility index (Phi) is 6.07. The standard InChI is InChI=1S/C25H24ClN3S/c1-18-22(26)12-8-13-23(18)27-25(30)29(15-19-9-4-3-5-10-19)17-20-16-28(2)24-14-7-6-11-21(20)24/h3-14,16H,15,17H2,1-2H3,(H,27,30). The quantitative estimate of drug-likeness (QED) is 0.361. The Morgan fingerprint density at radius 2 is 1.70 bits per heavy atom. The van der Waals surface area contributed by atoms with Crippen LogP contribution in [0.5, 0.6) is 0 Å². The van der Waals surface area contributed by atoms with Gasteiger partial charge in [0.1, 0.15) is 0 Å². The Balaban J connectivity index is 1.65. The number of halogens is 1. The molecule has 1 heterocycles. The Bertz CT molecular complexity index is 1180. The van der Waals surface area contributed by atoms with Gasteiger partial charge in [-0.2, -0.15) is 0 Å². The van der Waals surface area contributed by atoms with Crippen LogP contribution in [0.25, 0.3) is 10.9 Å². The fourth-order valence-electron chi connectivity index (χ4n) is 3.70. The highest BCUT2D eigenvalue weighted by Gasteiger charge is 2.16. The molecule has 3 nitrogen and oxygen atoms in total. The predicted molar refractivity (Wildman–Crippen MR) is 131 cm³/mol. The molecule has 1 aromatic heterocycles. The lowest BCUT2D eigenvalue weighted by Crippen LogP contribution is -2.34. The van der Waals surface area contributed by atoms with Crippen LogP contribution in [0.15, 0.2) is 79.0 Å². The van der Waals surface area contributed by atoms with Gasteiger partial charge in [-0.3, -0.25) is 0 Å². The molecule has 1 N–H and O–H groups in total. The summed E-state index contributed by atoms with van der Waals surface area (Å²) in [7, 11) is 2.08. The normalized spacial score (nSPS) is 10.9. The fourth-order valence-corrected chi connectivity index (χ4v) is 4.11. The summed E-state index contributed by atoms with van der Waals surface area (Å²) < 4.78 is 2.17. The van der Waals surface area contributed by atoms with Gasteiger partial charge in [0.15, 0.2) is 5.11 Å². The number of rotatable bonds is 5. The molecule has 5 heteroatoms. The summed E-state index contributed by atoms with van der Waals surface area (Å²) in [5.41, 5.74) is 5.60. The number of hydrogen-bond acceptors (Lipinski definition) is 1. The average Bonchev–Trinajstić information content (AvgIpc) is 3.07. The van der Waals surface area contributed by atoms with Crippen molar-refractivity contribution in [3.63, 3.8) is 0 Å². The van der Waals surface area contributed by atoms with E-state index in [0.29, 0.717) is 11.7 Å². The molecule has 0 bridgehead atoms. The van der Waals surface area contributed by atoms with Crippen LogP contribution in [0.1, 0.15) is 16.7 Å². The van der Waals surface area contributed by atoms with Crippen LogP contribution in [-0.4, -0.2) is 14.6 Å². The first-order valence-corrected chi connectivity index (χ1v) is 10.7. The molecule has 4 aromatic rings. The number of anilines is 1. The van der Waals surface area contributed by atoms with Gasteiger partial charge in [-0.1, -0.05) is 66.2 Å². The second kappa shape index (κ2) is 8.90. The second-order valence-electron chi connectivity index (χ2n) is 7.47. The number of thiocarbonyl (C=S) groups is 1. The summed E-state index contributed by atoms with van der Waals surface area (Å²) in [6, 6.07) is 24.7. The number of aryl methyl sites for hydroxylation is 1. The second-order valence-corrected chi connectivity index (χ2v) is 8.26. The molecule has 0 spiro atoms. The van der Waals surface area contributed by atoms with Crippen LogP contribution in [0.4, 0.5) is 5.69 Å². The summed E-state index contributed by atoms with van der Waals surface area (Å²) in [5.74, 6) is 0. The molecule has 0 radical (unpaired) electrons. The molecule has 0 aliphatic rings. The third-order valence-electron chi connectivity index (χ3n) is 5.35. The Labute approximate surface area is 187 Å². The molecule has 0 atom stereocenters. The van der Waals surface area contributed by atoms with Crippen molar-refractivity contribution in [1.29, 1.82) is 0 Å². The Hall–Kier alpha value is -2.82. The van der Waals surface area contributed by atoms with Crippen molar-refractivity contribution in [3.8, 4) is 0 Å². The lowest BCUT2D eigenvalue weighted by molar-refractivity contribution is 0.414.